The molecule has 1 unspecified atom stereocenters. The minimum Gasteiger partial charge on any atom is -0.479 e. The van der Waals surface area contributed by atoms with Crippen LogP contribution in [0.4, 0.5) is 14.5 Å². The third-order valence-electron chi connectivity index (χ3n) is 6.47. The van der Waals surface area contributed by atoms with E-state index in [4.69, 9.17) is 4.74 Å². The zero-order valence-corrected chi connectivity index (χ0v) is 21.7. The number of carbonyl (C=O) groups is 2. The fourth-order valence-corrected chi connectivity index (χ4v) is 4.85. The van der Waals surface area contributed by atoms with Crippen molar-refractivity contribution in [3.63, 3.8) is 0 Å². The summed E-state index contributed by atoms with van der Waals surface area (Å²) in [6, 6.07) is 13.1. The Hall–Kier alpha value is -3.58. The van der Waals surface area contributed by atoms with E-state index in [-0.39, 0.29) is 12.3 Å². The van der Waals surface area contributed by atoms with Gasteiger partial charge in [-0.3, -0.25) is 4.79 Å². The second kappa shape index (κ2) is 10.1. The lowest BCUT2D eigenvalue weighted by Gasteiger charge is -2.29. The SMILES string of the molecule is Cc1ccc(-c2c3c(cc(C)c2C(OC(C)(C)C)C(=O)O)N(C(=O)Cc2ccc(F)c(F)c2)CC3)cc1. The van der Waals surface area contributed by atoms with Gasteiger partial charge in [-0.1, -0.05) is 35.9 Å². The maximum absolute atomic E-state index is 13.7. The molecule has 1 heterocycles. The molecule has 0 saturated heterocycles. The van der Waals surface area contributed by atoms with Gasteiger partial charge in [0.1, 0.15) is 0 Å². The predicted octanol–water partition coefficient (Wildman–Crippen LogP) is 6.32. The van der Waals surface area contributed by atoms with Gasteiger partial charge in [0.15, 0.2) is 17.7 Å². The molecule has 0 fully saturated rings. The van der Waals surface area contributed by atoms with Crippen LogP contribution in [0.3, 0.4) is 0 Å². The molecule has 1 amide bonds. The minimum atomic E-state index is -1.20. The topological polar surface area (TPSA) is 66.8 Å². The lowest BCUT2D eigenvalue weighted by atomic mass is 9.86. The molecule has 0 aliphatic carbocycles. The van der Waals surface area contributed by atoms with Crippen LogP contribution >= 0.6 is 0 Å². The van der Waals surface area contributed by atoms with Gasteiger partial charge in [-0.15, -0.1) is 0 Å². The number of nitrogens with zero attached hydrogens (tertiary/aromatic N) is 1. The zero-order valence-electron chi connectivity index (χ0n) is 21.7. The van der Waals surface area contributed by atoms with Crippen LogP contribution < -0.4 is 4.90 Å². The normalized spacial score (nSPS) is 14.0. The van der Waals surface area contributed by atoms with Crippen molar-refractivity contribution < 1.29 is 28.2 Å². The lowest BCUT2D eigenvalue weighted by Crippen LogP contribution is -2.30. The van der Waals surface area contributed by atoms with Gasteiger partial charge in [0, 0.05) is 17.8 Å². The van der Waals surface area contributed by atoms with E-state index >= 15 is 0 Å². The number of ether oxygens (including phenoxy) is 1. The molecule has 0 saturated carbocycles. The summed E-state index contributed by atoms with van der Waals surface area (Å²) in [6.07, 6.45) is -0.757. The number of hydrogen-bond acceptors (Lipinski definition) is 3. The van der Waals surface area contributed by atoms with Gasteiger partial charge in [-0.2, -0.15) is 0 Å². The first-order chi connectivity index (χ1) is 17.4. The van der Waals surface area contributed by atoms with Gasteiger partial charge in [-0.25, -0.2) is 13.6 Å². The van der Waals surface area contributed by atoms with Crippen molar-refractivity contribution >= 4 is 17.6 Å². The molecule has 3 aromatic rings. The molecule has 0 radical (unpaired) electrons. The number of halogens is 2. The van der Waals surface area contributed by atoms with Gasteiger partial charge >= 0.3 is 5.97 Å². The van der Waals surface area contributed by atoms with Crippen LogP contribution in [0.25, 0.3) is 11.1 Å². The molecule has 7 heteroatoms. The van der Waals surface area contributed by atoms with Gasteiger partial charge in [0.25, 0.3) is 0 Å². The minimum absolute atomic E-state index is 0.0812. The molecule has 3 aromatic carbocycles. The van der Waals surface area contributed by atoms with Crippen LogP contribution in [0.2, 0.25) is 0 Å². The first-order valence-corrected chi connectivity index (χ1v) is 12.2. The number of fused-ring (bicyclic) bond motifs is 1. The van der Waals surface area contributed by atoms with Crippen molar-refractivity contribution in [2.24, 2.45) is 0 Å². The average Bonchev–Trinajstić information content (AvgIpc) is 3.22. The number of amides is 1. The molecule has 0 bridgehead atoms. The number of benzene rings is 3. The standard InChI is InChI=1S/C30H31F2NO4/c1-17-6-9-20(10-7-17)27-21-12-13-33(25(34)16-19-8-11-22(31)23(32)15-19)24(21)14-18(2)26(27)28(29(35)36)37-30(3,4)5/h6-11,14-15,28H,12-13,16H2,1-5H3,(H,35,36). The maximum atomic E-state index is 13.7. The van der Waals surface area contributed by atoms with E-state index in [0.717, 1.165) is 34.4 Å². The Labute approximate surface area is 215 Å². The molecule has 5 nitrogen and oxygen atoms in total. The van der Waals surface area contributed by atoms with E-state index < -0.39 is 29.3 Å². The molecule has 1 aliphatic heterocycles. The Kier molecular flexibility index (Phi) is 7.20. The molecule has 0 spiro atoms. The van der Waals surface area contributed by atoms with Crippen LogP contribution in [0.1, 0.15) is 54.7 Å². The Balaban J connectivity index is 1.83. The van der Waals surface area contributed by atoms with Crippen LogP contribution in [0.15, 0.2) is 48.5 Å². The van der Waals surface area contributed by atoms with E-state index in [0.29, 0.717) is 35.3 Å². The van der Waals surface area contributed by atoms with Crippen LogP contribution in [-0.2, 0) is 27.2 Å². The molecular formula is C30H31F2NO4. The molecule has 37 heavy (non-hydrogen) atoms. The Bertz CT molecular complexity index is 1360. The summed E-state index contributed by atoms with van der Waals surface area (Å²) in [5.74, 6) is -3.28. The molecule has 1 N–H and O–H groups in total. The van der Waals surface area contributed by atoms with Crippen LogP contribution in [0.5, 0.6) is 0 Å². The second-order valence-corrected chi connectivity index (χ2v) is 10.5. The quantitative estimate of drug-likeness (QED) is 0.424. The molecule has 4 rings (SSSR count). The van der Waals surface area contributed by atoms with Gasteiger partial charge in [0.05, 0.1) is 12.0 Å². The van der Waals surface area contributed by atoms with Gasteiger partial charge in [-0.05, 0) is 87.1 Å². The fourth-order valence-electron chi connectivity index (χ4n) is 4.85. The van der Waals surface area contributed by atoms with Gasteiger partial charge < -0.3 is 14.7 Å². The van der Waals surface area contributed by atoms with Crippen molar-refractivity contribution in [3.05, 3.63) is 88.0 Å². The first kappa shape index (κ1) is 26.5. The molecule has 1 aliphatic rings. The zero-order chi connectivity index (χ0) is 27.1. The number of carboxylic acid groups (broad SMARTS) is 1. The summed E-state index contributed by atoms with van der Waals surface area (Å²) in [7, 11) is 0. The molecule has 1 atom stereocenters. The summed E-state index contributed by atoms with van der Waals surface area (Å²) in [4.78, 5) is 27.4. The predicted molar refractivity (Wildman–Crippen MR) is 139 cm³/mol. The Morgan fingerprint density at radius 2 is 1.70 bits per heavy atom. The van der Waals surface area contributed by atoms with Crippen molar-refractivity contribution in [1.82, 2.24) is 0 Å². The highest BCUT2D eigenvalue weighted by Gasteiger charge is 2.35. The van der Waals surface area contributed by atoms with Crippen molar-refractivity contribution in [2.45, 2.75) is 59.2 Å². The number of rotatable bonds is 6. The van der Waals surface area contributed by atoms with Crippen molar-refractivity contribution in [3.8, 4) is 11.1 Å². The summed E-state index contributed by atoms with van der Waals surface area (Å²) in [6.45, 7) is 9.65. The summed E-state index contributed by atoms with van der Waals surface area (Å²) >= 11 is 0. The molecular weight excluding hydrogens is 476 g/mol. The van der Waals surface area contributed by atoms with E-state index in [2.05, 4.69) is 0 Å². The maximum Gasteiger partial charge on any atom is 0.337 e. The highest BCUT2D eigenvalue weighted by atomic mass is 19.2. The molecule has 0 aromatic heterocycles. The Morgan fingerprint density at radius 1 is 1.03 bits per heavy atom. The van der Waals surface area contributed by atoms with E-state index in [1.807, 2.05) is 65.0 Å². The van der Waals surface area contributed by atoms with Crippen molar-refractivity contribution in [2.75, 3.05) is 11.4 Å². The summed E-state index contributed by atoms with van der Waals surface area (Å²) in [5, 5.41) is 10.2. The monoisotopic (exact) mass is 507 g/mol. The van der Waals surface area contributed by atoms with Crippen LogP contribution in [0, 0.1) is 25.5 Å². The highest BCUT2D eigenvalue weighted by molar-refractivity contribution is 5.99. The second-order valence-electron chi connectivity index (χ2n) is 10.5. The number of aryl methyl sites for hydroxylation is 2. The average molecular weight is 508 g/mol. The lowest BCUT2D eigenvalue weighted by molar-refractivity contribution is -0.160. The third-order valence-corrected chi connectivity index (χ3v) is 6.47. The highest BCUT2D eigenvalue weighted by Crippen LogP contribution is 2.44. The van der Waals surface area contributed by atoms with Crippen molar-refractivity contribution in [1.29, 1.82) is 0 Å². The fraction of sp³-hybridized carbons (Fsp3) is 0.333. The van der Waals surface area contributed by atoms with E-state index in [1.165, 1.54) is 6.07 Å². The number of hydrogen-bond donors (Lipinski definition) is 1. The van der Waals surface area contributed by atoms with E-state index in [1.54, 1.807) is 4.90 Å². The summed E-state index contributed by atoms with van der Waals surface area (Å²) < 4.78 is 33.1. The smallest absolute Gasteiger partial charge is 0.337 e. The summed E-state index contributed by atoms with van der Waals surface area (Å²) in [5.41, 5.74) is 5.18. The van der Waals surface area contributed by atoms with E-state index in [9.17, 15) is 23.5 Å². The first-order valence-electron chi connectivity index (χ1n) is 12.2. The van der Waals surface area contributed by atoms with Gasteiger partial charge in [0.2, 0.25) is 5.91 Å². The largest absolute Gasteiger partial charge is 0.479 e. The molecule has 194 valence electrons. The number of anilines is 1. The third kappa shape index (κ3) is 5.57. The number of carbonyl (C=O) groups excluding carboxylic acids is 1. The van der Waals surface area contributed by atoms with Crippen LogP contribution in [-0.4, -0.2) is 29.1 Å². The number of aliphatic carboxylic acids is 1. The number of carboxylic acids is 1. The Morgan fingerprint density at radius 3 is 2.30 bits per heavy atom.